The van der Waals surface area contributed by atoms with Crippen LogP contribution in [0.4, 0.5) is 0 Å². The van der Waals surface area contributed by atoms with Crippen molar-refractivity contribution in [3.8, 4) is 0 Å². The van der Waals surface area contributed by atoms with Gasteiger partial charge in [0.25, 0.3) is 0 Å². The molecular weight excluding hydrogens is 293 g/mol. The molecule has 0 fully saturated rings. The first kappa shape index (κ1) is 15.4. The minimum Gasteiger partial charge on any atom is -0.305 e. The zero-order valence-corrected chi connectivity index (χ0v) is 13.5. The summed E-state index contributed by atoms with van der Waals surface area (Å²) in [5, 5.41) is 9.25. The molecule has 20 heavy (non-hydrogen) atoms. The number of nitrogens with one attached hydrogen (secondary N) is 1. The first-order valence-corrected chi connectivity index (χ1v) is 7.55. The van der Waals surface area contributed by atoms with Crippen molar-refractivity contribution in [1.29, 1.82) is 0 Å². The Morgan fingerprint density at radius 2 is 2.00 bits per heavy atom. The van der Waals surface area contributed by atoms with Crippen LogP contribution < -0.4 is 5.32 Å². The van der Waals surface area contributed by atoms with Crippen LogP contribution in [0.15, 0.2) is 24.4 Å². The summed E-state index contributed by atoms with van der Waals surface area (Å²) in [5.41, 5.74) is 3.19. The second kappa shape index (κ2) is 6.61. The number of halogens is 2. The Morgan fingerprint density at radius 1 is 1.25 bits per heavy atom. The topological polar surface area (TPSA) is 29.9 Å². The Hall–Kier alpha value is -1.03. The maximum Gasteiger partial charge on any atom is 0.0837 e. The molecule has 1 heterocycles. The van der Waals surface area contributed by atoms with Crippen LogP contribution in [-0.2, 0) is 6.54 Å². The highest BCUT2D eigenvalue weighted by atomic mass is 35.5. The normalized spacial score (nSPS) is 12.7. The summed E-state index contributed by atoms with van der Waals surface area (Å²) in [6.07, 6.45) is 1.70. The second-order valence-corrected chi connectivity index (χ2v) is 5.45. The van der Waals surface area contributed by atoms with Gasteiger partial charge in [-0.2, -0.15) is 5.10 Å². The summed E-state index contributed by atoms with van der Waals surface area (Å²) in [4.78, 5) is 0. The molecule has 0 bridgehead atoms. The lowest BCUT2D eigenvalue weighted by molar-refractivity contribution is 0.541. The van der Waals surface area contributed by atoms with Gasteiger partial charge in [-0.15, -0.1) is 0 Å². The molecule has 0 aliphatic carbocycles. The number of aromatic nitrogens is 2. The van der Waals surface area contributed by atoms with Crippen molar-refractivity contribution < 1.29 is 0 Å². The molecule has 1 N–H and O–H groups in total. The lowest BCUT2D eigenvalue weighted by atomic mass is 9.98. The van der Waals surface area contributed by atoms with Gasteiger partial charge < -0.3 is 5.32 Å². The van der Waals surface area contributed by atoms with Crippen LogP contribution in [-0.4, -0.2) is 16.3 Å². The molecule has 0 radical (unpaired) electrons. The van der Waals surface area contributed by atoms with Crippen molar-refractivity contribution in [3.05, 3.63) is 51.3 Å². The van der Waals surface area contributed by atoms with Crippen molar-refractivity contribution in [2.45, 2.75) is 33.4 Å². The predicted octanol–water partition coefficient (Wildman–Crippen LogP) is 4.22. The van der Waals surface area contributed by atoms with E-state index in [-0.39, 0.29) is 6.04 Å². The van der Waals surface area contributed by atoms with Crippen LogP contribution in [0.5, 0.6) is 0 Å². The monoisotopic (exact) mass is 311 g/mol. The van der Waals surface area contributed by atoms with Crippen LogP contribution in [0, 0.1) is 6.92 Å². The summed E-state index contributed by atoms with van der Waals surface area (Å²) in [6.45, 7) is 7.78. The number of nitrogens with zero attached hydrogens (tertiary/aromatic N) is 2. The number of hydrogen-bond donors (Lipinski definition) is 1. The highest BCUT2D eigenvalue weighted by molar-refractivity contribution is 6.31. The van der Waals surface area contributed by atoms with E-state index in [1.54, 1.807) is 6.20 Å². The summed E-state index contributed by atoms with van der Waals surface area (Å²) in [5.74, 6) is 0. The lowest BCUT2D eigenvalue weighted by Gasteiger charge is -2.22. The third-order valence-corrected chi connectivity index (χ3v) is 4.14. The maximum absolute atomic E-state index is 6.34. The molecule has 2 rings (SSSR count). The minimum absolute atomic E-state index is 0.00588. The largest absolute Gasteiger partial charge is 0.305 e. The van der Waals surface area contributed by atoms with Crippen LogP contribution in [0.1, 0.15) is 36.7 Å². The van der Waals surface area contributed by atoms with E-state index in [4.69, 9.17) is 23.2 Å². The molecule has 1 atom stereocenters. The average molecular weight is 312 g/mol. The number of aryl methyl sites for hydroxylation is 1. The molecule has 0 amide bonds. The van der Waals surface area contributed by atoms with Crippen molar-refractivity contribution in [1.82, 2.24) is 15.1 Å². The Labute approximate surface area is 129 Å². The van der Waals surface area contributed by atoms with Gasteiger partial charge in [0.05, 0.1) is 23.0 Å². The molecular formula is C15H19Cl2N3. The van der Waals surface area contributed by atoms with Gasteiger partial charge in [0.1, 0.15) is 0 Å². The van der Waals surface area contributed by atoms with Gasteiger partial charge in [-0.25, -0.2) is 0 Å². The van der Waals surface area contributed by atoms with Crippen LogP contribution >= 0.6 is 23.2 Å². The number of hydrogen-bond acceptors (Lipinski definition) is 2. The Morgan fingerprint density at radius 3 is 2.65 bits per heavy atom. The van der Waals surface area contributed by atoms with Crippen LogP contribution in [0.25, 0.3) is 0 Å². The first-order chi connectivity index (χ1) is 9.60. The van der Waals surface area contributed by atoms with E-state index in [0.29, 0.717) is 5.02 Å². The highest BCUT2D eigenvalue weighted by Crippen LogP contribution is 2.32. The summed E-state index contributed by atoms with van der Waals surface area (Å²) < 4.78 is 1.93. The predicted molar refractivity (Wildman–Crippen MR) is 84.6 cm³/mol. The van der Waals surface area contributed by atoms with Gasteiger partial charge in [0.15, 0.2) is 0 Å². The van der Waals surface area contributed by atoms with E-state index in [0.717, 1.165) is 34.9 Å². The van der Waals surface area contributed by atoms with E-state index in [2.05, 4.69) is 30.3 Å². The summed E-state index contributed by atoms with van der Waals surface area (Å²) >= 11 is 12.6. The molecule has 1 aromatic carbocycles. The van der Waals surface area contributed by atoms with Gasteiger partial charge in [0, 0.05) is 11.6 Å². The summed E-state index contributed by atoms with van der Waals surface area (Å²) in [6, 6.07) is 5.95. The molecule has 5 heteroatoms. The Bertz CT molecular complexity index is 593. The van der Waals surface area contributed by atoms with Crippen LogP contribution in [0.3, 0.4) is 0 Å². The van der Waals surface area contributed by atoms with Crippen molar-refractivity contribution >= 4 is 23.2 Å². The van der Waals surface area contributed by atoms with E-state index in [1.165, 1.54) is 0 Å². The summed E-state index contributed by atoms with van der Waals surface area (Å²) in [7, 11) is 0. The van der Waals surface area contributed by atoms with E-state index >= 15 is 0 Å². The number of rotatable bonds is 5. The third kappa shape index (κ3) is 2.85. The van der Waals surface area contributed by atoms with Gasteiger partial charge in [-0.1, -0.05) is 42.3 Å². The van der Waals surface area contributed by atoms with Gasteiger partial charge in [-0.05, 0) is 37.6 Å². The van der Waals surface area contributed by atoms with E-state index < -0.39 is 0 Å². The zero-order valence-electron chi connectivity index (χ0n) is 12.0. The smallest absolute Gasteiger partial charge is 0.0837 e. The fourth-order valence-electron chi connectivity index (χ4n) is 2.41. The Balaban J connectivity index is 2.56. The van der Waals surface area contributed by atoms with Crippen LogP contribution in [0.2, 0.25) is 10.0 Å². The quantitative estimate of drug-likeness (QED) is 0.896. The maximum atomic E-state index is 6.34. The highest BCUT2D eigenvalue weighted by Gasteiger charge is 2.23. The van der Waals surface area contributed by atoms with Crippen molar-refractivity contribution in [2.24, 2.45) is 0 Å². The molecule has 1 unspecified atom stereocenters. The van der Waals surface area contributed by atoms with Gasteiger partial charge >= 0.3 is 0 Å². The molecule has 1 aromatic heterocycles. The first-order valence-electron chi connectivity index (χ1n) is 6.79. The standard InChI is InChI=1S/C15H19Cl2N3/c1-4-18-14(11-7-6-8-12(16)10(11)3)15-13(17)9-19-20(15)5-2/h6-9,14,18H,4-5H2,1-3H3. The van der Waals surface area contributed by atoms with Gasteiger partial charge in [-0.3, -0.25) is 4.68 Å². The molecule has 108 valence electrons. The molecule has 0 saturated carbocycles. The molecule has 0 saturated heterocycles. The minimum atomic E-state index is -0.00588. The molecule has 0 spiro atoms. The average Bonchev–Trinajstić information content (AvgIpc) is 2.81. The number of benzene rings is 1. The molecule has 0 aliphatic rings. The fourth-order valence-corrected chi connectivity index (χ4v) is 2.84. The molecule has 3 nitrogen and oxygen atoms in total. The van der Waals surface area contributed by atoms with E-state index in [1.807, 2.05) is 23.7 Å². The molecule has 2 aromatic rings. The van der Waals surface area contributed by atoms with E-state index in [9.17, 15) is 0 Å². The SMILES string of the molecule is CCNC(c1cccc(Cl)c1C)c1c(Cl)cnn1CC. The fraction of sp³-hybridized carbons (Fsp3) is 0.400. The van der Waals surface area contributed by atoms with Gasteiger partial charge in [0.2, 0.25) is 0 Å². The third-order valence-electron chi connectivity index (χ3n) is 3.44. The van der Waals surface area contributed by atoms with Crippen molar-refractivity contribution in [2.75, 3.05) is 6.54 Å². The second-order valence-electron chi connectivity index (χ2n) is 4.64. The molecule has 0 aliphatic heterocycles. The Kier molecular flexibility index (Phi) is 5.08. The zero-order chi connectivity index (χ0) is 14.7. The lowest BCUT2D eigenvalue weighted by Crippen LogP contribution is -2.26. The van der Waals surface area contributed by atoms with Crippen molar-refractivity contribution in [3.63, 3.8) is 0 Å².